The second kappa shape index (κ2) is 6.93. The lowest BCUT2D eigenvalue weighted by atomic mass is 10.00. The molecule has 1 fully saturated rings. The van der Waals surface area contributed by atoms with Gasteiger partial charge in [0.25, 0.3) is 5.91 Å². The number of hydrogen-bond acceptors (Lipinski definition) is 2. The fraction of sp³-hybridized carbons (Fsp3) is 0.533. The number of carbonyl (C=O) groups excluding carboxylic acids is 1. The molecule has 0 heterocycles. The van der Waals surface area contributed by atoms with Crippen molar-refractivity contribution in [1.29, 1.82) is 0 Å². The molecule has 2 N–H and O–H groups in total. The monoisotopic (exact) mass is 301 g/mol. The highest BCUT2D eigenvalue weighted by Gasteiger charge is 2.25. The second-order valence-corrected chi connectivity index (χ2v) is 5.37. The number of aliphatic hydroxyl groups is 1. The van der Waals surface area contributed by atoms with Gasteiger partial charge in [-0.05, 0) is 43.7 Å². The van der Waals surface area contributed by atoms with Crippen LogP contribution in [-0.4, -0.2) is 23.7 Å². The van der Waals surface area contributed by atoms with E-state index in [0.717, 1.165) is 31.7 Å². The molecule has 2 rings (SSSR count). The van der Waals surface area contributed by atoms with Crippen LogP contribution in [0.2, 0.25) is 0 Å². The summed E-state index contributed by atoms with van der Waals surface area (Å²) >= 11 is 0. The maximum atomic E-state index is 13.4. The Kier molecular flexibility index (Phi) is 5.22. The molecule has 0 unspecified atom stereocenters. The molecule has 0 radical (unpaired) electrons. The average Bonchev–Trinajstić information content (AvgIpc) is 2.85. The van der Waals surface area contributed by atoms with Gasteiger partial charge in [0.1, 0.15) is 11.4 Å². The van der Waals surface area contributed by atoms with Gasteiger partial charge in [0.05, 0.1) is 6.10 Å². The van der Waals surface area contributed by atoms with Gasteiger partial charge in [0.15, 0.2) is 11.6 Å². The van der Waals surface area contributed by atoms with E-state index in [0.29, 0.717) is 12.5 Å². The summed E-state index contributed by atoms with van der Waals surface area (Å²) in [4.78, 5) is 11.7. The van der Waals surface area contributed by atoms with Crippen LogP contribution in [0.5, 0.6) is 0 Å². The van der Waals surface area contributed by atoms with Gasteiger partial charge in [0.2, 0.25) is 0 Å². The first-order valence-electron chi connectivity index (χ1n) is 7.10. The van der Waals surface area contributed by atoms with E-state index in [-0.39, 0.29) is 18.6 Å². The maximum Gasteiger partial charge on any atom is 0.257 e. The molecule has 116 valence electrons. The molecule has 1 aliphatic carbocycles. The maximum absolute atomic E-state index is 13.4. The fourth-order valence-corrected chi connectivity index (χ4v) is 2.74. The molecule has 1 amide bonds. The van der Waals surface area contributed by atoms with Crippen molar-refractivity contribution in [2.75, 3.05) is 6.54 Å². The fourth-order valence-electron chi connectivity index (χ4n) is 2.74. The van der Waals surface area contributed by atoms with Crippen LogP contribution in [-0.2, 0) is 0 Å². The molecule has 2 atom stereocenters. The molecule has 0 saturated heterocycles. The van der Waals surface area contributed by atoms with Crippen LogP contribution in [0.15, 0.2) is 12.1 Å². The highest BCUT2D eigenvalue weighted by atomic mass is 19.2. The molecule has 21 heavy (non-hydrogen) atoms. The van der Waals surface area contributed by atoms with Crippen molar-refractivity contribution in [3.05, 3.63) is 35.1 Å². The summed E-state index contributed by atoms with van der Waals surface area (Å²) in [5, 5.41) is 12.0. The van der Waals surface area contributed by atoms with Gasteiger partial charge in [-0.25, -0.2) is 13.2 Å². The van der Waals surface area contributed by atoms with E-state index in [2.05, 4.69) is 5.32 Å². The number of carbonyl (C=O) groups is 1. The van der Waals surface area contributed by atoms with Gasteiger partial charge in [-0.3, -0.25) is 4.79 Å². The largest absolute Gasteiger partial charge is 0.393 e. The summed E-state index contributed by atoms with van der Waals surface area (Å²) < 4.78 is 39.8. The van der Waals surface area contributed by atoms with Crippen molar-refractivity contribution < 1.29 is 23.1 Å². The minimum absolute atomic E-state index is 0.226. The van der Waals surface area contributed by atoms with Gasteiger partial charge in [-0.2, -0.15) is 0 Å². The van der Waals surface area contributed by atoms with E-state index in [1.165, 1.54) is 0 Å². The molecule has 3 nitrogen and oxygen atoms in total. The first-order chi connectivity index (χ1) is 10.0. The highest BCUT2D eigenvalue weighted by molar-refractivity contribution is 5.94. The summed E-state index contributed by atoms with van der Waals surface area (Å²) in [5.41, 5.74) is -0.893. The lowest BCUT2D eigenvalue weighted by molar-refractivity contribution is 0.0940. The number of nitrogens with one attached hydrogen (secondary N) is 1. The van der Waals surface area contributed by atoms with Gasteiger partial charge >= 0.3 is 0 Å². The van der Waals surface area contributed by atoms with E-state index < -0.39 is 28.9 Å². The lowest BCUT2D eigenvalue weighted by Crippen LogP contribution is -2.27. The van der Waals surface area contributed by atoms with Crippen LogP contribution in [0.3, 0.4) is 0 Å². The van der Waals surface area contributed by atoms with E-state index in [4.69, 9.17) is 0 Å². The zero-order chi connectivity index (χ0) is 15.4. The number of amides is 1. The predicted molar refractivity (Wildman–Crippen MR) is 71.2 cm³/mol. The predicted octanol–water partition coefficient (Wildman–Crippen LogP) is 2.77. The number of aliphatic hydroxyl groups excluding tert-OH is 1. The van der Waals surface area contributed by atoms with E-state index in [1.54, 1.807) is 0 Å². The van der Waals surface area contributed by atoms with E-state index >= 15 is 0 Å². The van der Waals surface area contributed by atoms with Crippen molar-refractivity contribution in [3.63, 3.8) is 0 Å². The van der Waals surface area contributed by atoms with E-state index in [9.17, 15) is 23.1 Å². The second-order valence-electron chi connectivity index (χ2n) is 5.37. The number of benzene rings is 1. The molecular weight excluding hydrogens is 283 g/mol. The Bertz CT molecular complexity index is 522. The smallest absolute Gasteiger partial charge is 0.257 e. The summed E-state index contributed by atoms with van der Waals surface area (Å²) in [7, 11) is 0. The Morgan fingerprint density at radius 3 is 2.62 bits per heavy atom. The summed E-state index contributed by atoms with van der Waals surface area (Å²) in [6.07, 6.45) is 3.82. The Labute approximate surface area is 121 Å². The van der Waals surface area contributed by atoms with Crippen LogP contribution in [0.4, 0.5) is 13.2 Å². The minimum atomic E-state index is -1.47. The van der Waals surface area contributed by atoms with Crippen LogP contribution in [0.1, 0.15) is 42.5 Å². The Balaban J connectivity index is 1.84. The summed E-state index contributed by atoms with van der Waals surface area (Å²) in [5.74, 6) is -4.55. The molecule has 1 aliphatic rings. The van der Waals surface area contributed by atoms with Crippen molar-refractivity contribution >= 4 is 5.91 Å². The van der Waals surface area contributed by atoms with Crippen LogP contribution in [0, 0.1) is 23.4 Å². The molecule has 0 aliphatic heterocycles. The minimum Gasteiger partial charge on any atom is -0.393 e. The van der Waals surface area contributed by atoms with Crippen LogP contribution >= 0.6 is 0 Å². The number of halogens is 3. The van der Waals surface area contributed by atoms with Gasteiger partial charge in [-0.15, -0.1) is 0 Å². The summed E-state index contributed by atoms with van der Waals surface area (Å²) in [6, 6.07) is 1.37. The Morgan fingerprint density at radius 2 is 1.95 bits per heavy atom. The van der Waals surface area contributed by atoms with Crippen molar-refractivity contribution in [2.45, 2.75) is 38.2 Å². The number of rotatable bonds is 5. The van der Waals surface area contributed by atoms with Crippen LogP contribution < -0.4 is 5.32 Å². The standard InChI is InChI=1S/C15H18F3NO2/c16-10-6-7-11(17)14(18)13(10)15(21)19-8-2-4-9-3-1-5-12(9)20/h6-7,9,12,20H,1-5,8H2,(H,19,21)/t9-,12-/m1/s1. The van der Waals surface area contributed by atoms with Gasteiger partial charge < -0.3 is 10.4 Å². The van der Waals surface area contributed by atoms with Crippen molar-refractivity contribution in [2.24, 2.45) is 5.92 Å². The number of hydrogen-bond donors (Lipinski definition) is 2. The normalized spacial score (nSPS) is 21.5. The zero-order valence-electron chi connectivity index (χ0n) is 11.5. The third kappa shape index (κ3) is 3.75. The Morgan fingerprint density at radius 1 is 1.24 bits per heavy atom. The van der Waals surface area contributed by atoms with Gasteiger partial charge in [-0.1, -0.05) is 6.42 Å². The molecule has 0 aromatic heterocycles. The quantitative estimate of drug-likeness (QED) is 0.649. The summed E-state index contributed by atoms with van der Waals surface area (Å²) in [6.45, 7) is 0.234. The van der Waals surface area contributed by atoms with Crippen LogP contribution in [0.25, 0.3) is 0 Å². The van der Waals surface area contributed by atoms with Crippen molar-refractivity contribution in [3.8, 4) is 0 Å². The lowest BCUT2D eigenvalue weighted by Gasteiger charge is -2.14. The Hall–Kier alpha value is -1.56. The molecular formula is C15H18F3NO2. The zero-order valence-corrected chi connectivity index (χ0v) is 11.5. The highest BCUT2D eigenvalue weighted by Crippen LogP contribution is 2.28. The third-order valence-electron chi connectivity index (χ3n) is 3.93. The van der Waals surface area contributed by atoms with Crippen molar-refractivity contribution in [1.82, 2.24) is 5.32 Å². The molecule has 0 bridgehead atoms. The van der Waals surface area contributed by atoms with E-state index in [1.807, 2.05) is 0 Å². The average molecular weight is 301 g/mol. The molecule has 1 aromatic carbocycles. The first kappa shape index (κ1) is 15.8. The third-order valence-corrected chi connectivity index (χ3v) is 3.93. The molecule has 1 aromatic rings. The topological polar surface area (TPSA) is 49.3 Å². The molecule has 6 heteroatoms. The van der Waals surface area contributed by atoms with Gasteiger partial charge in [0, 0.05) is 6.54 Å². The molecule has 0 spiro atoms. The molecule has 1 saturated carbocycles. The SMILES string of the molecule is O=C(NCCC[C@H]1CCC[C@H]1O)c1c(F)ccc(F)c1F. The first-order valence-corrected chi connectivity index (χ1v) is 7.10.